The normalized spacial score (nSPS) is 21.3. The molecule has 3 rings (SSSR count). The van der Waals surface area contributed by atoms with Gasteiger partial charge in [0.15, 0.2) is 5.89 Å². The molecule has 0 N–H and O–H groups in total. The molecule has 150 valence electrons. The van der Waals surface area contributed by atoms with Crippen molar-refractivity contribution in [3.05, 3.63) is 39.2 Å². The van der Waals surface area contributed by atoms with Crippen LogP contribution in [0.3, 0.4) is 0 Å². The number of nitrogens with zero attached hydrogens (tertiary/aromatic N) is 2. The molecule has 3 heterocycles. The van der Waals surface area contributed by atoms with Crippen molar-refractivity contribution in [2.45, 2.75) is 71.6 Å². The number of rotatable bonds is 8. The molecule has 27 heavy (non-hydrogen) atoms. The number of hydrogen-bond donors (Lipinski definition) is 0. The molecule has 2 aromatic heterocycles. The van der Waals surface area contributed by atoms with E-state index in [-0.39, 0.29) is 12.5 Å². The third kappa shape index (κ3) is 5.83. The molecule has 7 heteroatoms. The first-order valence-electron chi connectivity index (χ1n) is 9.53. The average molecular weight is 399 g/mol. The first-order valence-corrected chi connectivity index (χ1v) is 10.4. The number of alkyl halides is 2. The van der Waals surface area contributed by atoms with Gasteiger partial charge in [-0.05, 0) is 50.1 Å². The van der Waals surface area contributed by atoms with Crippen LogP contribution < -0.4 is 0 Å². The van der Waals surface area contributed by atoms with Gasteiger partial charge >= 0.3 is 0 Å². The van der Waals surface area contributed by atoms with Crippen molar-refractivity contribution in [1.82, 2.24) is 9.88 Å². The Morgan fingerprint density at radius 2 is 2.22 bits per heavy atom. The molecule has 1 aliphatic rings. The fourth-order valence-corrected chi connectivity index (χ4v) is 4.57. The smallest absolute Gasteiger partial charge is 0.243 e. The monoisotopic (exact) mass is 398 g/mol. The quantitative estimate of drug-likeness (QED) is 0.642. The maximum atomic E-state index is 12.4. The number of piperidine rings is 1. The Labute approximate surface area is 163 Å². The lowest BCUT2D eigenvalue weighted by atomic mass is 10.00. The predicted octanol–water partition coefficient (Wildman–Crippen LogP) is 4.77. The van der Waals surface area contributed by atoms with E-state index in [4.69, 9.17) is 9.15 Å². The van der Waals surface area contributed by atoms with Crippen molar-refractivity contribution in [3.8, 4) is 0 Å². The van der Waals surface area contributed by atoms with Gasteiger partial charge in [0.1, 0.15) is 5.76 Å². The summed E-state index contributed by atoms with van der Waals surface area (Å²) in [5.74, 6) is 1.62. The fourth-order valence-electron chi connectivity index (χ4n) is 3.63. The molecule has 1 saturated heterocycles. The zero-order chi connectivity index (χ0) is 19.4. The zero-order valence-corrected chi connectivity index (χ0v) is 17.0. The second kappa shape index (κ2) is 9.26. The van der Waals surface area contributed by atoms with Gasteiger partial charge in [-0.3, -0.25) is 4.90 Å². The van der Waals surface area contributed by atoms with Crippen LogP contribution in [-0.2, 0) is 24.1 Å². The number of halogens is 2. The molecule has 0 radical (unpaired) electrons. The van der Waals surface area contributed by atoms with E-state index in [1.807, 2.05) is 25.3 Å². The third-order valence-electron chi connectivity index (χ3n) is 5.13. The summed E-state index contributed by atoms with van der Waals surface area (Å²) in [5.41, 5.74) is 2.12. The van der Waals surface area contributed by atoms with E-state index in [1.54, 1.807) is 0 Å². The summed E-state index contributed by atoms with van der Waals surface area (Å²) in [5, 5.41) is 1.97. The van der Waals surface area contributed by atoms with E-state index < -0.39 is 6.43 Å². The van der Waals surface area contributed by atoms with E-state index in [0.29, 0.717) is 12.6 Å². The van der Waals surface area contributed by atoms with Crippen molar-refractivity contribution in [2.24, 2.45) is 0 Å². The number of hydrogen-bond acceptors (Lipinski definition) is 5. The summed E-state index contributed by atoms with van der Waals surface area (Å²) in [6, 6.07) is 2.31. The lowest BCUT2D eigenvalue weighted by Crippen LogP contribution is -2.43. The standard InChI is InChI=1S/C20H28F2N2O2S/c1-13-8-17(4-6-24(13)11-19-14(2)26-15(3)23-19)25-7-5-16-9-18(27-12-16)10-20(21)22/h9,12-13,17,20H,4-8,10-11H2,1-3H3/t13-,17+/m0/s1. The summed E-state index contributed by atoms with van der Waals surface area (Å²) < 4.78 is 36.4. The summed E-state index contributed by atoms with van der Waals surface area (Å²) in [7, 11) is 0. The Morgan fingerprint density at radius 3 is 2.89 bits per heavy atom. The molecule has 4 nitrogen and oxygen atoms in total. The molecule has 0 bridgehead atoms. The molecule has 1 aliphatic heterocycles. The Balaban J connectivity index is 1.40. The van der Waals surface area contributed by atoms with Gasteiger partial charge in [-0.1, -0.05) is 0 Å². The fraction of sp³-hybridized carbons (Fsp3) is 0.650. The van der Waals surface area contributed by atoms with Crippen LogP contribution in [0.2, 0.25) is 0 Å². The van der Waals surface area contributed by atoms with Crippen molar-refractivity contribution >= 4 is 11.3 Å². The van der Waals surface area contributed by atoms with Crippen LogP contribution in [0.5, 0.6) is 0 Å². The molecule has 0 amide bonds. The molecule has 0 aliphatic carbocycles. The minimum absolute atomic E-state index is 0.147. The number of aryl methyl sites for hydroxylation is 2. The highest BCUT2D eigenvalue weighted by atomic mass is 32.1. The highest BCUT2D eigenvalue weighted by molar-refractivity contribution is 7.10. The summed E-state index contributed by atoms with van der Waals surface area (Å²) in [6.07, 6.45) is 0.619. The van der Waals surface area contributed by atoms with Crippen LogP contribution in [0.15, 0.2) is 15.9 Å². The van der Waals surface area contributed by atoms with Gasteiger partial charge < -0.3 is 9.15 Å². The number of oxazole rings is 1. The van der Waals surface area contributed by atoms with Crippen LogP contribution in [-0.4, -0.2) is 41.6 Å². The van der Waals surface area contributed by atoms with Crippen LogP contribution in [0.25, 0.3) is 0 Å². The number of thiophene rings is 1. The molecule has 0 aromatic carbocycles. The summed E-state index contributed by atoms with van der Waals surface area (Å²) >= 11 is 1.41. The van der Waals surface area contributed by atoms with Crippen LogP contribution >= 0.6 is 11.3 Å². The van der Waals surface area contributed by atoms with Gasteiger partial charge in [-0.15, -0.1) is 11.3 Å². The molecule has 1 fully saturated rings. The van der Waals surface area contributed by atoms with E-state index in [1.165, 1.54) is 11.3 Å². The third-order valence-corrected chi connectivity index (χ3v) is 6.13. The number of aromatic nitrogens is 1. The summed E-state index contributed by atoms with van der Waals surface area (Å²) in [6.45, 7) is 8.52. The highest BCUT2D eigenvalue weighted by Gasteiger charge is 2.27. The van der Waals surface area contributed by atoms with Gasteiger partial charge in [0.2, 0.25) is 6.43 Å². The van der Waals surface area contributed by atoms with Crippen LogP contribution in [0.4, 0.5) is 8.78 Å². The van der Waals surface area contributed by atoms with Gasteiger partial charge in [-0.2, -0.15) is 0 Å². The van der Waals surface area contributed by atoms with Gasteiger partial charge in [0.25, 0.3) is 0 Å². The SMILES string of the molecule is Cc1nc(CN2CC[C@@H](OCCc3csc(CC(F)F)c3)C[C@@H]2C)c(C)o1. The van der Waals surface area contributed by atoms with Gasteiger partial charge in [0.05, 0.1) is 18.4 Å². The minimum atomic E-state index is -2.27. The maximum absolute atomic E-state index is 12.4. The average Bonchev–Trinajstić information content (AvgIpc) is 3.15. The Morgan fingerprint density at radius 1 is 1.41 bits per heavy atom. The Kier molecular flexibility index (Phi) is 7.00. The van der Waals surface area contributed by atoms with Gasteiger partial charge in [-0.25, -0.2) is 13.8 Å². The van der Waals surface area contributed by atoms with Crippen LogP contribution in [0, 0.1) is 13.8 Å². The van der Waals surface area contributed by atoms with E-state index >= 15 is 0 Å². The first-order chi connectivity index (χ1) is 12.9. The van der Waals surface area contributed by atoms with Crippen molar-refractivity contribution in [2.75, 3.05) is 13.2 Å². The molecule has 0 saturated carbocycles. The maximum Gasteiger partial charge on any atom is 0.243 e. The van der Waals surface area contributed by atoms with Crippen molar-refractivity contribution in [3.63, 3.8) is 0 Å². The van der Waals surface area contributed by atoms with E-state index in [9.17, 15) is 8.78 Å². The first kappa shape index (κ1) is 20.4. The molecule has 0 unspecified atom stereocenters. The Hall–Kier alpha value is -1.31. The molecule has 2 atom stereocenters. The largest absolute Gasteiger partial charge is 0.446 e. The lowest BCUT2D eigenvalue weighted by Gasteiger charge is -2.37. The molecular weight excluding hydrogens is 370 g/mol. The minimum Gasteiger partial charge on any atom is -0.446 e. The van der Waals surface area contributed by atoms with Crippen molar-refractivity contribution in [1.29, 1.82) is 0 Å². The molecule has 2 aromatic rings. The number of ether oxygens (including phenoxy) is 1. The second-order valence-electron chi connectivity index (χ2n) is 7.34. The molecular formula is C20H28F2N2O2S. The highest BCUT2D eigenvalue weighted by Crippen LogP contribution is 2.24. The topological polar surface area (TPSA) is 38.5 Å². The van der Waals surface area contributed by atoms with Gasteiger partial charge in [0, 0.05) is 37.4 Å². The summed E-state index contributed by atoms with van der Waals surface area (Å²) in [4.78, 5) is 7.66. The van der Waals surface area contributed by atoms with Crippen molar-refractivity contribution < 1.29 is 17.9 Å². The van der Waals surface area contributed by atoms with Crippen LogP contribution in [0.1, 0.15) is 47.6 Å². The second-order valence-corrected chi connectivity index (χ2v) is 8.33. The van der Waals surface area contributed by atoms with E-state index in [2.05, 4.69) is 16.8 Å². The molecule has 0 spiro atoms. The predicted molar refractivity (Wildman–Crippen MR) is 103 cm³/mol. The lowest BCUT2D eigenvalue weighted by molar-refractivity contribution is -0.0131. The number of likely N-dealkylation sites (tertiary alicyclic amines) is 1. The van der Waals surface area contributed by atoms with E-state index in [0.717, 1.165) is 60.1 Å². The Bertz CT molecular complexity index is 731. The zero-order valence-electron chi connectivity index (χ0n) is 16.2.